The zero-order valence-electron chi connectivity index (χ0n) is 15.8. The maximum atomic E-state index is 13.1. The van der Waals surface area contributed by atoms with Crippen LogP contribution in [0.5, 0.6) is 0 Å². The topological polar surface area (TPSA) is 95.8 Å². The molecule has 0 radical (unpaired) electrons. The van der Waals surface area contributed by atoms with Crippen LogP contribution in [-0.4, -0.2) is 21.4 Å². The number of carbonyl (C=O) groups is 1. The summed E-state index contributed by atoms with van der Waals surface area (Å²) in [7, 11) is 0. The van der Waals surface area contributed by atoms with Gasteiger partial charge in [0.25, 0.3) is 5.91 Å². The highest BCUT2D eigenvalue weighted by molar-refractivity contribution is 6.07. The zero-order chi connectivity index (χ0) is 19.3. The number of amides is 1. The number of nitrogen functional groups attached to an aromatic ring is 1. The quantitative estimate of drug-likeness (QED) is 0.559. The third kappa shape index (κ3) is 2.64. The van der Waals surface area contributed by atoms with Crippen molar-refractivity contribution < 1.29 is 4.79 Å². The van der Waals surface area contributed by atoms with Crippen molar-refractivity contribution >= 4 is 23.1 Å². The number of pyridine rings is 1. The van der Waals surface area contributed by atoms with E-state index in [2.05, 4.69) is 33.6 Å². The number of aryl methyl sites for hydroxylation is 1. The van der Waals surface area contributed by atoms with Gasteiger partial charge in [0, 0.05) is 35.1 Å². The first-order valence-electron chi connectivity index (χ1n) is 9.67. The molecule has 0 saturated heterocycles. The molecule has 5 rings (SSSR count). The van der Waals surface area contributed by atoms with Crippen LogP contribution in [0, 0.1) is 6.92 Å². The number of nitrogens with zero attached hydrogens (tertiary/aromatic N) is 1. The van der Waals surface area contributed by atoms with E-state index in [4.69, 9.17) is 5.73 Å². The largest absolute Gasteiger partial charge is 0.384 e. The fraction of sp³-hybridized carbons (Fsp3) is 0.273. The lowest BCUT2D eigenvalue weighted by atomic mass is 9.71. The molecule has 1 fully saturated rings. The molecule has 6 heteroatoms. The van der Waals surface area contributed by atoms with E-state index < -0.39 is 0 Å². The van der Waals surface area contributed by atoms with Crippen molar-refractivity contribution in [3.63, 3.8) is 0 Å². The lowest BCUT2D eigenvalue weighted by molar-refractivity contribution is 0.0795. The molecule has 28 heavy (non-hydrogen) atoms. The van der Waals surface area contributed by atoms with Crippen molar-refractivity contribution in [3.05, 3.63) is 59.4 Å². The number of aromatic nitrogens is 2. The Bertz CT molecular complexity index is 1080. The Balaban J connectivity index is 1.67. The molecule has 1 saturated carbocycles. The van der Waals surface area contributed by atoms with Crippen LogP contribution < -0.4 is 16.4 Å². The molecule has 0 atom stereocenters. The van der Waals surface area contributed by atoms with Gasteiger partial charge in [-0.25, -0.2) is 4.98 Å². The minimum Gasteiger partial charge on any atom is -0.384 e. The number of hydrogen-bond acceptors (Lipinski definition) is 4. The Labute approximate surface area is 163 Å². The van der Waals surface area contributed by atoms with E-state index in [1.54, 1.807) is 6.20 Å². The van der Waals surface area contributed by atoms with Gasteiger partial charge in [0.15, 0.2) is 0 Å². The summed E-state index contributed by atoms with van der Waals surface area (Å²) in [6.07, 6.45) is 5.76. The SMILES string of the molecule is Cc1ccccc1Nc1c(-c2ccnc(N)c2)[nH]c2c1C(=O)NC1(CCC1)C2. The lowest BCUT2D eigenvalue weighted by Gasteiger charge is -2.45. The highest BCUT2D eigenvalue weighted by Gasteiger charge is 2.44. The number of nitrogens with one attached hydrogen (secondary N) is 3. The zero-order valence-corrected chi connectivity index (χ0v) is 15.8. The minimum atomic E-state index is -0.0799. The molecule has 142 valence electrons. The van der Waals surface area contributed by atoms with E-state index in [9.17, 15) is 4.79 Å². The van der Waals surface area contributed by atoms with Crippen LogP contribution >= 0.6 is 0 Å². The van der Waals surface area contributed by atoms with Crippen LogP contribution in [0.2, 0.25) is 0 Å². The van der Waals surface area contributed by atoms with E-state index in [-0.39, 0.29) is 11.4 Å². The van der Waals surface area contributed by atoms with Gasteiger partial charge in [-0.2, -0.15) is 0 Å². The van der Waals surface area contributed by atoms with Gasteiger partial charge in [-0.15, -0.1) is 0 Å². The fourth-order valence-electron chi connectivity index (χ4n) is 4.32. The first-order chi connectivity index (χ1) is 13.5. The van der Waals surface area contributed by atoms with Crippen molar-refractivity contribution in [1.82, 2.24) is 15.3 Å². The Morgan fingerprint density at radius 1 is 1.21 bits per heavy atom. The number of fused-ring (bicyclic) bond motifs is 1. The number of rotatable bonds is 3. The standard InChI is InChI=1S/C22H23N5O/c1-13-5-2-3-6-15(13)25-20-18-16(12-22(8-4-9-22)27-21(18)28)26-19(20)14-7-10-24-17(23)11-14/h2-3,5-7,10-11,25-26H,4,8-9,12H2,1H3,(H2,23,24)(H,27,28). The van der Waals surface area contributed by atoms with Gasteiger partial charge in [-0.05, 0) is 49.9 Å². The molecule has 6 nitrogen and oxygen atoms in total. The Kier molecular flexibility index (Phi) is 3.69. The molecule has 1 aromatic carbocycles. The van der Waals surface area contributed by atoms with Gasteiger partial charge in [-0.1, -0.05) is 18.2 Å². The molecular formula is C22H23N5O. The van der Waals surface area contributed by atoms with Crippen LogP contribution in [0.3, 0.4) is 0 Å². The predicted molar refractivity (Wildman–Crippen MR) is 111 cm³/mol. The van der Waals surface area contributed by atoms with Gasteiger partial charge in [0.1, 0.15) is 5.82 Å². The maximum absolute atomic E-state index is 13.1. The monoisotopic (exact) mass is 373 g/mol. The molecular weight excluding hydrogens is 350 g/mol. The fourth-order valence-corrected chi connectivity index (χ4v) is 4.32. The first kappa shape index (κ1) is 16.9. The number of anilines is 3. The highest BCUT2D eigenvalue weighted by Crippen LogP contribution is 2.44. The van der Waals surface area contributed by atoms with E-state index in [1.165, 1.54) is 6.42 Å². The molecule has 2 aliphatic rings. The van der Waals surface area contributed by atoms with E-state index in [0.717, 1.165) is 53.2 Å². The normalized spacial score (nSPS) is 17.0. The lowest BCUT2D eigenvalue weighted by Crippen LogP contribution is -2.57. The number of carbonyl (C=O) groups excluding carboxylic acids is 1. The third-order valence-corrected chi connectivity index (χ3v) is 5.98. The van der Waals surface area contributed by atoms with Crippen molar-refractivity contribution in [1.29, 1.82) is 0 Å². The van der Waals surface area contributed by atoms with Crippen molar-refractivity contribution in [2.24, 2.45) is 0 Å². The molecule has 1 aliphatic heterocycles. The summed E-state index contributed by atoms with van der Waals surface area (Å²) in [6.45, 7) is 2.05. The summed E-state index contributed by atoms with van der Waals surface area (Å²) in [5.41, 5.74) is 12.2. The second-order valence-electron chi connectivity index (χ2n) is 7.90. The van der Waals surface area contributed by atoms with Crippen LogP contribution in [0.4, 0.5) is 17.2 Å². The number of aromatic amines is 1. The summed E-state index contributed by atoms with van der Waals surface area (Å²) in [4.78, 5) is 20.7. The Morgan fingerprint density at radius 2 is 2.04 bits per heavy atom. The number of hydrogen-bond donors (Lipinski definition) is 4. The average Bonchev–Trinajstić information content (AvgIpc) is 3.01. The van der Waals surface area contributed by atoms with Crippen molar-refractivity contribution in [2.75, 3.05) is 11.1 Å². The third-order valence-electron chi connectivity index (χ3n) is 5.98. The first-order valence-corrected chi connectivity index (χ1v) is 9.67. The van der Waals surface area contributed by atoms with Gasteiger partial charge in [0.05, 0.1) is 16.9 Å². The molecule has 1 spiro atoms. The van der Waals surface area contributed by atoms with Crippen molar-refractivity contribution in [3.8, 4) is 11.3 Å². The van der Waals surface area contributed by atoms with Gasteiger partial charge in [0.2, 0.25) is 0 Å². The molecule has 5 N–H and O–H groups in total. The molecule has 2 aromatic heterocycles. The van der Waals surface area contributed by atoms with E-state index >= 15 is 0 Å². The number of benzene rings is 1. The molecule has 1 amide bonds. The van der Waals surface area contributed by atoms with Crippen LogP contribution in [-0.2, 0) is 6.42 Å². The second kappa shape index (κ2) is 6.12. The van der Waals surface area contributed by atoms with Gasteiger partial charge >= 0.3 is 0 Å². The van der Waals surface area contributed by atoms with Crippen LogP contribution in [0.25, 0.3) is 11.3 Å². The molecule has 0 bridgehead atoms. The average molecular weight is 373 g/mol. The van der Waals surface area contributed by atoms with Crippen LogP contribution in [0.1, 0.15) is 40.9 Å². The highest BCUT2D eigenvalue weighted by atomic mass is 16.2. The second-order valence-corrected chi connectivity index (χ2v) is 7.90. The number of nitrogens with two attached hydrogens (primary N) is 1. The smallest absolute Gasteiger partial charge is 0.255 e. The van der Waals surface area contributed by atoms with Crippen molar-refractivity contribution in [2.45, 2.75) is 38.1 Å². The maximum Gasteiger partial charge on any atom is 0.255 e. The Hall–Kier alpha value is -3.28. The summed E-state index contributed by atoms with van der Waals surface area (Å²) in [5, 5.41) is 6.77. The predicted octanol–water partition coefficient (Wildman–Crippen LogP) is 3.92. The van der Waals surface area contributed by atoms with Gasteiger partial charge in [-0.3, -0.25) is 4.79 Å². The molecule has 3 heterocycles. The Morgan fingerprint density at radius 3 is 2.75 bits per heavy atom. The number of H-pyrrole nitrogens is 1. The summed E-state index contributed by atoms with van der Waals surface area (Å²) in [5.74, 6) is 0.438. The minimum absolute atomic E-state index is 0.0124. The molecule has 3 aromatic rings. The van der Waals surface area contributed by atoms with Crippen LogP contribution in [0.15, 0.2) is 42.6 Å². The summed E-state index contributed by atoms with van der Waals surface area (Å²) in [6, 6.07) is 11.8. The summed E-state index contributed by atoms with van der Waals surface area (Å²) < 4.78 is 0. The molecule has 0 unspecified atom stereocenters. The number of para-hydroxylation sites is 1. The van der Waals surface area contributed by atoms with E-state index in [0.29, 0.717) is 11.4 Å². The summed E-state index contributed by atoms with van der Waals surface area (Å²) >= 11 is 0. The molecule has 1 aliphatic carbocycles. The van der Waals surface area contributed by atoms with E-state index in [1.807, 2.05) is 30.3 Å². The van der Waals surface area contributed by atoms with Gasteiger partial charge < -0.3 is 21.4 Å².